The molecule has 1 amide bonds. The van der Waals surface area contributed by atoms with Gasteiger partial charge in [0.1, 0.15) is 11.8 Å². The van der Waals surface area contributed by atoms with Gasteiger partial charge in [-0.05, 0) is 43.2 Å². The van der Waals surface area contributed by atoms with Crippen LogP contribution < -0.4 is 19.9 Å². The number of ether oxygens (including phenoxy) is 1. The molecule has 15 heteroatoms. The number of aliphatic hydroxyl groups is 1. The van der Waals surface area contributed by atoms with Gasteiger partial charge < -0.3 is 35.0 Å². The lowest BCUT2D eigenvalue weighted by atomic mass is 9.99. The first-order valence-electron chi connectivity index (χ1n) is 14.1. The molecule has 3 N–H and O–H groups in total. The van der Waals surface area contributed by atoms with Gasteiger partial charge in [0, 0.05) is 33.2 Å². The molecule has 14 nitrogen and oxygen atoms in total. The zero-order valence-electron chi connectivity index (χ0n) is 24.8. The standard InChI is InChI=1S/C30H31FN10O4/c1-4-39(16-18-5-7-21(45-3)8-6-18)28-27-34-15-20(14-33)41(27)37-29(36-28)35-22-11-19(13-32)12-24(26(22)31)40-10-9-23(25(42)17-40)38(2)30(43)44/h5-8,11-12,15,23,25,42H,4,9-10,16-17H2,1-3H3,(H,35,37)(H,43,44)/t23-,25-/m1/s1. The fourth-order valence-electron chi connectivity index (χ4n) is 5.34. The van der Waals surface area contributed by atoms with Gasteiger partial charge in [-0.1, -0.05) is 12.1 Å². The van der Waals surface area contributed by atoms with Gasteiger partial charge in [0.05, 0.1) is 48.5 Å². The SMILES string of the molecule is CCN(Cc1ccc(OC)cc1)c1nc(Nc2cc(C#N)cc(N3CC[C@@H](N(C)C(=O)O)[C@H](O)C3)c2F)nn2c(C#N)cnc12. The summed E-state index contributed by atoms with van der Waals surface area (Å²) >= 11 is 0. The summed E-state index contributed by atoms with van der Waals surface area (Å²) in [6.07, 6.45) is -0.614. The number of hydrogen-bond acceptors (Lipinski definition) is 11. The Bertz CT molecular complexity index is 1800. The fourth-order valence-corrected chi connectivity index (χ4v) is 5.34. The van der Waals surface area contributed by atoms with Crippen molar-refractivity contribution in [2.24, 2.45) is 0 Å². The average Bonchev–Trinajstić information content (AvgIpc) is 3.47. The van der Waals surface area contributed by atoms with Gasteiger partial charge >= 0.3 is 6.09 Å². The molecule has 45 heavy (non-hydrogen) atoms. The molecule has 3 heterocycles. The number of rotatable bonds is 9. The van der Waals surface area contributed by atoms with E-state index in [9.17, 15) is 25.5 Å². The second kappa shape index (κ2) is 12.9. The van der Waals surface area contributed by atoms with Crippen molar-refractivity contribution in [2.45, 2.75) is 32.0 Å². The van der Waals surface area contributed by atoms with E-state index in [4.69, 9.17) is 4.74 Å². The van der Waals surface area contributed by atoms with Crippen LogP contribution in [-0.2, 0) is 6.54 Å². The van der Waals surface area contributed by atoms with E-state index in [0.29, 0.717) is 24.6 Å². The van der Waals surface area contributed by atoms with E-state index < -0.39 is 24.1 Å². The number of β-amino-alcohol motifs (C(OH)–C–C–N with tert-alkyl or cyclic N) is 1. The largest absolute Gasteiger partial charge is 0.497 e. The fraction of sp³-hybridized carbons (Fsp3) is 0.333. The Balaban J connectivity index is 1.50. The zero-order chi connectivity index (χ0) is 32.2. The summed E-state index contributed by atoms with van der Waals surface area (Å²) in [5.74, 6) is 0.365. The van der Waals surface area contributed by atoms with Crippen LogP contribution in [0.2, 0.25) is 0 Å². The maximum atomic E-state index is 16.1. The number of hydrogen-bond donors (Lipinski definition) is 3. The molecule has 1 fully saturated rings. The Morgan fingerprint density at radius 2 is 2.00 bits per heavy atom. The van der Waals surface area contributed by atoms with E-state index in [0.717, 1.165) is 16.2 Å². The highest BCUT2D eigenvalue weighted by Gasteiger charge is 2.34. The first-order valence-corrected chi connectivity index (χ1v) is 14.1. The summed E-state index contributed by atoms with van der Waals surface area (Å²) in [5, 5.41) is 46.8. The van der Waals surface area contributed by atoms with Crippen LogP contribution in [0, 0.1) is 28.5 Å². The Kier molecular flexibility index (Phi) is 8.83. The number of benzene rings is 2. The lowest BCUT2D eigenvalue weighted by molar-refractivity contribution is 0.0496. The molecule has 0 spiro atoms. The number of halogens is 1. The normalized spacial score (nSPS) is 16.1. The van der Waals surface area contributed by atoms with E-state index in [1.54, 1.807) is 12.0 Å². The lowest BCUT2D eigenvalue weighted by Crippen LogP contribution is -2.54. The second-order valence-corrected chi connectivity index (χ2v) is 10.5. The topological polar surface area (TPSA) is 179 Å². The summed E-state index contributed by atoms with van der Waals surface area (Å²) in [5.41, 5.74) is 1.56. The van der Waals surface area contributed by atoms with Gasteiger partial charge in [0.25, 0.3) is 0 Å². The van der Waals surface area contributed by atoms with E-state index in [2.05, 4.69) is 26.5 Å². The minimum atomic E-state index is -1.17. The quantitative estimate of drug-likeness (QED) is 0.251. The minimum absolute atomic E-state index is 0.0399. The number of aromatic nitrogens is 4. The summed E-state index contributed by atoms with van der Waals surface area (Å²) in [6.45, 7) is 3.10. The number of carboxylic acid groups (broad SMARTS) is 1. The molecule has 2 aromatic heterocycles. The summed E-state index contributed by atoms with van der Waals surface area (Å²) in [6, 6.07) is 13.7. The van der Waals surface area contributed by atoms with Crippen molar-refractivity contribution in [3.05, 3.63) is 65.2 Å². The number of anilines is 4. The maximum Gasteiger partial charge on any atom is 0.407 e. The molecule has 0 radical (unpaired) electrons. The number of nitriles is 2. The second-order valence-electron chi connectivity index (χ2n) is 10.5. The summed E-state index contributed by atoms with van der Waals surface area (Å²) < 4.78 is 22.7. The van der Waals surface area contributed by atoms with Gasteiger partial charge in [-0.2, -0.15) is 20.0 Å². The number of fused-ring (bicyclic) bond motifs is 1. The van der Waals surface area contributed by atoms with Crippen molar-refractivity contribution < 1.29 is 24.1 Å². The first kappa shape index (κ1) is 30.8. The van der Waals surface area contributed by atoms with Crippen molar-refractivity contribution in [3.8, 4) is 17.9 Å². The van der Waals surface area contributed by atoms with Crippen molar-refractivity contribution in [1.29, 1.82) is 10.5 Å². The number of imidazole rings is 1. The van der Waals surface area contributed by atoms with Crippen LogP contribution in [0.25, 0.3) is 5.65 Å². The molecule has 4 aromatic rings. The van der Waals surface area contributed by atoms with E-state index in [1.165, 1.54) is 29.9 Å². The molecule has 0 unspecified atom stereocenters. The van der Waals surface area contributed by atoms with Crippen LogP contribution in [0.1, 0.15) is 30.2 Å². The Morgan fingerprint density at radius 3 is 2.62 bits per heavy atom. The number of carbonyl (C=O) groups is 1. The van der Waals surface area contributed by atoms with Crippen molar-refractivity contribution in [1.82, 2.24) is 24.5 Å². The monoisotopic (exact) mass is 614 g/mol. The smallest absolute Gasteiger partial charge is 0.407 e. The molecule has 0 aliphatic carbocycles. The van der Waals surface area contributed by atoms with Crippen LogP contribution in [0.4, 0.5) is 32.3 Å². The first-order chi connectivity index (χ1) is 21.7. The van der Waals surface area contributed by atoms with Crippen molar-refractivity contribution in [2.75, 3.05) is 48.9 Å². The third-order valence-corrected chi connectivity index (χ3v) is 7.79. The van der Waals surface area contributed by atoms with Gasteiger partial charge in [0.2, 0.25) is 5.95 Å². The molecule has 0 bridgehead atoms. The predicted molar refractivity (Wildman–Crippen MR) is 162 cm³/mol. The number of piperidine rings is 1. The number of amides is 1. The molecule has 2 atom stereocenters. The molecule has 5 rings (SSSR count). The number of aliphatic hydroxyl groups excluding tert-OH is 1. The van der Waals surface area contributed by atoms with Crippen LogP contribution in [0.5, 0.6) is 5.75 Å². The van der Waals surface area contributed by atoms with Crippen LogP contribution in [-0.4, -0.2) is 86.7 Å². The zero-order valence-corrected chi connectivity index (χ0v) is 24.8. The third kappa shape index (κ3) is 6.20. The van der Waals surface area contributed by atoms with E-state index >= 15 is 4.39 Å². The van der Waals surface area contributed by atoms with Crippen molar-refractivity contribution >= 4 is 34.9 Å². The summed E-state index contributed by atoms with van der Waals surface area (Å²) in [4.78, 5) is 25.0. The average molecular weight is 615 g/mol. The van der Waals surface area contributed by atoms with E-state index in [1.807, 2.05) is 42.2 Å². The van der Waals surface area contributed by atoms with Gasteiger partial charge in [-0.25, -0.2) is 14.2 Å². The molecule has 232 valence electrons. The van der Waals surface area contributed by atoms with Crippen LogP contribution in [0.15, 0.2) is 42.6 Å². The number of likely N-dealkylation sites (N-methyl/N-ethyl adjacent to an activating group) is 1. The number of methoxy groups -OCH3 is 1. The Hall–Kier alpha value is -5.67. The van der Waals surface area contributed by atoms with E-state index in [-0.39, 0.29) is 48.1 Å². The van der Waals surface area contributed by atoms with Gasteiger partial charge in [-0.3, -0.25) is 0 Å². The minimum Gasteiger partial charge on any atom is -0.497 e. The predicted octanol–water partition coefficient (Wildman–Crippen LogP) is 3.33. The van der Waals surface area contributed by atoms with Gasteiger partial charge in [0.15, 0.2) is 23.0 Å². The Morgan fingerprint density at radius 1 is 1.24 bits per heavy atom. The van der Waals surface area contributed by atoms with Crippen LogP contribution in [0.3, 0.4) is 0 Å². The highest BCUT2D eigenvalue weighted by Crippen LogP contribution is 2.33. The van der Waals surface area contributed by atoms with Gasteiger partial charge in [-0.15, -0.1) is 5.10 Å². The maximum absolute atomic E-state index is 16.1. The van der Waals surface area contributed by atoms with Crippen molar-refractivity contribution in [3.63, 3.8) is 0 Å². The highest BCUT2D eigenvalue weighted by atomic mass is 19.1. The molecule has 1 aliphatic rings. The van der Waals surface area contributed by atoms with Crippen LogP contribution >= 0.6 is 0 Å². The molecule has 1 saturated heterocycles. The molecular formula is C30H31FN10O4. The molecule has 0 saturated carbocycles. The third-order valence-electron chi connectivity index (χ3n) is 7.79. The summed E-state index contributed by atoms with van der Waals surface area (Å²) in [7, 11) is 2.97. The Labute approximate surface area is 258 Å². The molecule has 2 aromatic carbocycles. The molecular weight excluding hydrogens is 583 g/mol. The highest BCUT2D eigenvalue weighted by molar-refractivity contribution is 5.71. The number of nitrogens with zero attached hydrogens (tertiary/aromatic N) is 9. The number of nitrogens with one attached hydrogen (secondary N) is 1. The molecule has 1 aliphatic heterocycles. The lowest BCUT2D eigenvalue weighted by Gasteiger charge is -2.40.